The Morgan fingerprint density at radius 2 is 2.43 bits per heavy atom. The fourth-order valence-electron chi connectivity index (χ4n) is 1.91. The van der Waals surface area contributed by atoms with Gasteiger partial charge in [0.05, 0.1) is 6.61 Å². The van der Waals surface area contributed by atoms with Gasteiger partial charge in [-0.2, -0.15) is 11.8 Å². The van der Waals surface area contributed by atoms with Gasteiger partial charge in [-0.25, -0.2) is 0 Å². The molecule has 3 N–H and O–H groups in total. The number of hydrogen-bond acceptors (Lipinski definition) is 4. The van der Waals surface area contributed by atoms with E-state index >= 15 is 0 Å². The van der Waals surface area contributed by atoms with Crippen LogP contribution in [0, 0.1) is 0 Å². The highest BCUT2D eigenvalue weighted by atomic mass is 32.2. The molecule has 0 saturated carbocycles. The summed E-state index contributed by atoms with van der Waals surface area (Å²) in [6.45, 7) is 4.64. The van der Waals surface area contributed by atoms with E-state index in [2.05, 4.69) is 23.8 Å². The van der Waals surface area contributed by atoms with Crippen LogP contribution < -0.4 is 10.6 Å². The van der Waals surface area contributed by atoms with Gasteiger partial charge in [0, 0.05) is 23.9 Å². The van der Waals surface area contributed by atoms with Crippen LogP contribution in [0.2, 0.25) is 0 Å². The van der Waals surface area contributed by atoms with Crippen LogP contribution in [0.5, 0.6) is 0 Å². The maximum Gasteiger partial charge on any atom is 0.0564 e. The van der Waals surface area contributed by atoms with E-state index in [9.17, 15) is 0 Å². The second-order valence-electron chi connectivity index (χ2n) is 3.96. The SMILES string of the molecule is CSC(CO)C(C)NC1CCCNC1. The summed E-state index contributed by atoms with van der Waals surface area (Å²) in [6, 6.07) is 0.972. The maximum absolute atomic E-state index is 9.15. The molecule has 1 rings (SSSR count). The van der Waals surface area contributed by atoms with E-state index in [1.165, 1.54) is 12.8 Å². The van der Waals surface area contributed by atoms with Crippen LogP contribution >= 0.6 is 11.8 Å². The summed E-state index contributed by atoms with van der Waals surface area (Å²) in [5.74, 6) is 0. The maximum atomic E-state index is 9.15. The molecule has 1 saturated heterocycles. The molecule has 0 amide bonds. The molecule has 1 aliphatic heterocycles. The summed E-state index contributed by atoms with van der Waals surface area (Å²) < 4.78 is 0. The van der Waals surface area contributed by atoms with Crippen molar-refractivity contribution >= 4 is 11.8 Å². The molecule has 0 radical (unpaired) electrons. The lowest BCUT2D eigenvalue weighted by Gasteiger charge is -2.30. The van der Waals surface area contributed by atoms with E-state index in [1.807, 2.05) is 0 Å². The van der Waals surface area contributed by atoms with Crippen molar-refractivity contribution in [2.24, 2.45) is 0 Å². The molecule has 3 nitrogen and oxygen atoms in total. The summed E-state index contributed by atoms with van der Waals surface area (Å²) in [7, 11) is 0. The van der Waals surface area contributed by atoms with Gasteiger partial charge in [0.15, 0.2) is 0 Å². The first kappa shape index (κ1) is 12.3. The second-order valence-corrected chi connectivity index (χ2v) is 5.03. The van der Waals surface area contributed by atoms with Crippen LogP contribution in [-0.4, -0.2) is 48.4 Å². The molecule has 3 unspecified atom stereocenters. The number of rotatable bonds is 5. The molecular formula is C10H22N2OS. The third-order valence-corrected chi connectivity index (χ3v) is 4.00. The van der Waals surface area contributed by atoms with E-state index in [4.69, 9.17) is 5.11 Å². The van der Waals surface area contributed by atoms with Crippen LogP contribution in [0.1, 0.15) is 19.8 Å². The Morgan fingerprint density at radius 3 is 2.93 bits per heavy atom. The van der Waals surface area contributed by atoms with Crippen molar-refractivity contribution < 1.29 is 5.11 Å². The predicted octanol–water partition coefficient (Wildman–Crippen LogP) is 0.440. The molecule has 0 aromatic carbocycles. The first-order valence-electron chi connectivity index (χ1n) is 5.38. The molecule has 1 aliphatic rings. The van der Waals surface area contributed by atoms with Gasteiger partial charge in [-0.15, -0.1) is 0 Å². The second kappa shape index (κ2) is 6.67. The van der Waals surface area contributed by atoms with Crippen molar-refractivity contribution in [3.8, 4) is 0 Å². The summed E-state index contributed by atoms with van der Waals surface area (Å²) in [6.07, 6.45) is 4.56. The molecule has 0 aromatic rings. The average Bonchev–Trinajstić information content (AvgIpc) is 2.21. The zero-order valence-corrected chi connectivity index (χ0v) is 9.94. The van der Waals surface area contributed by atoms with Crippen molar-refractivity contribution in [1.82, 2.24) is 10.6 Å². The minimum Gasteiger partial charge on any atom is -0.395 e. The van der Waals surface area contributed by atoms with Gasteiger partial charge in [0.25, 0.3) is 0 Å². The Hall–Kier alpha value is 0.230. The molecule has 1 fully saturated rings. The van der Waals surface area contributed by atoms with E-state index in [0.717, 1.165) is 13.1 Å². The third kappa shape index (κ3) is 3.77. The largest absolute Gasteiger partial charge is 0.395 e. The minimum atomic E-state index is 0.259. The summed E-state index contributed by atoms with van der Waals surface area (Å²) in [5.41, 5.74) is 0. The lowest BCUT2D eigenvalue weighted by atomic mass is 10.1. The number of thioether (sulfide) groups is 1. The molecule has 84 valence electrons. The number of piperidine rings is 1. The zero-order chi connectivity index (χ0) is 10.4. The third-order valence-electron chi connectivity index (χ3n) is 2.84. The predicted molar refractivity (Wildman–Crippen MR) is 62.9 cm³/mol. The summed E-state index contributed by atoms with van der Waals surface area (Å²) in [5, 5.41) is 16.4. The molecular weight excluding hydrogens is 196 g/mol. The van der Waals surface area contributed by atoms with Gasteiger partial charge in [-0.3, -0.25) is 0 Å². The molecule has 3 atom stereocenters. The van der Waals surface area contributed by atoms with Crippen molar-refractivity contribution in [2.45, 2.75) is 37.1 Å². The number of aliphatic hydroxyl groups excluding tert-OH is 1. The van der Waals surface area contributed by atoms with Crippen molar-refractivity contribution in [1.29, 1.82) is 0 Å². The van der Waals surface area contributed by atoms with E-state index in [0.29, 0.717) is 17.3 Å². The van der Waals surface area contributed by atoms with Crippen molar-refractivity contribution in [3.63, 3.8) is 0 Å². The standard InChI is InChI=1S/C10H22N2OS/c1-8(10(7-13)14-2)12-9-4-3-5-11-6-9/h8-13H,3-7H2,1-2H3. The Kier molecular flexibility index (Phi) is 5.86. The minimum absolute atomic E-state index is 0.259. The first-order valence-corrected chi connectivity index (χ1v) is 6.67. The van der Waals surface area contributed by atoms with Crippen LogP contribution in [-0.2, 0) is 0 Å². The lowest BCUT2D eigenvalue weighted by molar-refractivity contribution is 0.263. The molecule has 14 heavy (non-hydrogen) atoms. The van der Waals surface area contributed by atoms with Gasteiger partial charge in [0.2, 0.25) is 0 Å². The number of aliphatic hydroxyl groups is 1. The Morgan fingerprint density at radius 1 is 1.64 bits per heavy atom. The summed E-state index contributed by atoms with van der Waals surface area (Å²) in [4.78, 5) is 0. The Bertz CT molecular complexity index is 147. The van der Waals surface area contributed by atoms with E-state index in [1.54, 1.807) is 11.8 Å². The van der Waals surface area contributed by atoms with Gasteiger partial charge < -0.3 is 15.7 Å². The fraction of sp³-hybridized carbons (Fsp3) is 1.00. The smallest absolute Gasteiger partial charge is 0.0564 e. The molecule has 4 heteroatoms. The Balaban J connectivity index is 2.26. The van der Waals surface area contributed by atoms with E-state index < -0.39 is 0 Å². The molecule has 0 spiro atoms. The molecule has 1 heterocycles. The Labute approximate surface area is 91.0 Å². The highest BCUT2D eigenvalue weighted by Crippen LogP contribution is 2.12. The zero-order valence-electron chi connectivity index (χ0n) is 9.12. The van der Waals surface area contributed by atoms with Gasteiger partial charge >= 0.3 is 0 Å². The highest BCUT2D eigenvalue weighted by Gasteiger charge is 2.20. The quantitative estimate of drug-likeness (QED) is 0.626. The van der Waals surface area contributed by atoms with Crippen molar-refractivity contribution in [2.75, 3.05) is 26.0 Å². The van der Waals surface area contributed by atoms with Gasteiger partial charge in [-0.1, -0.05) is 0 Å². The van der Waals surface area contributed by atoms with Crippen molar-refractivity contribution in [3.05, 3.63) is 0 Å². The fourth-order valence-corrected chi connectivity index (χ4v) is 2.55. The first-order chi connectivity index (χ1) is 6.77. The monoisotopic (exact) mass is 218 g/mol. The molecule has 0 bridgehead atoms. The van der Waals surface area contributed by atoms with Crippen LogP contribution in [0.3, 0.4) is 0 Å². The average molecular weight is 218 g/mol. The topological polar surface area (TPSA) is 44.3 Å². The van der Waals surface area contributed by atoms with Crippen LogP contribution in [0.15, 0.2) is 0 Å². The highest BCUT2D eigenvalue weighted by molar-refractivity contribution is 7.99. The number of nitrogens with one attached hydrogen (secondary N) is 2. The normalized spacial score (nSPS) is 27.2. The lowest BCUT2D eigenvalue weighted by Crippen LogP contribution is -2.50. The van der Waals surface area contributed by atoms with E-state index in [-0.39, 0.29) is 6.61 Å². The summed E-state index contributed by atoms with van der Waals surface area (Å²) >= 11 is 1.73. The van der Waals surface area contributed by atoms with Crippen LogP contribution in [0.25, 0.3) is 0 Å². The molecule has 0 aromatic heterocycles. The number of hydrogen-bond donors (Lipinski definition) is 3. The molecule has 0 aliphatic carbocycles. The van der Waals surface area contributed by atoms with Gasteiger partial charge in [0.1, 0.15) is 0 Å². The van der Waals surface area contributed by atoms with Gasteiger partial charge in [-0.05, 0) is 32.6 Å². The van der Waals surface area contributed by atoms with Crippen LogP contribution in [0.4, 0.5) is 0 Å².